The molecular weight excluding hydrogens is 675 g/mol. The van der Waals surface area contributed by atoms with Crippen molar-refractivity contribution in [3.63, 3.8) is 0 Å². The Kier molecular flexibility index (Phi) is 5.59. The number of nitrogens with zero attached hydrogens (tertiary/aromatic N) is 1. The Morgan fingerprint density at radius 1 is 0.482 bits per heavy atom. The maximum absolute atomic E-state index is 10.1. The van der Waals surface area contributed by atoms with Crippen LogP contribution in [0.1, 0.15) is 77.8 Å². The minimum Gasteiger partial charge on any atom is -0.310 e. The Labute approximate surface area is 341 Å². The molecule has 7 aromatic carbocycles. The highest BCUT2D eigenvalue weighted by Gasteiger charge is 2.61. The van der Waals surface area contributed by atoms with E-state index in [4.69, 9.17) is 5.48 Å². The van der Waals surface area contributed by atoms with Crippen molar-refractivity contribution in [3.05, 3.63) is 186 Å². The van der Waals surface area contributed by atoms with Crippen molar-refractivity contribution in [2.75, 3.05) is 4.90 Å². The number of para-hydroxylation sites is 2. The average Bonchev–Trinajstić information content (AvgIpc) is 3.73. The zero-order valence-corrected chi connectivity index (χ0v) is 31.8. The van der Waals surface area contributed by atoms with E-state index in [1.165, 1.54) is 54.4 Å². The fraction of sp³-hybridized carbons (Fsp3) is 0.236. The largest absolute Gasteiger partial charge is 0.310 e. The molecule has 0 radical (unpaired) electrons. The van der Waals surface area contributed by atoms with Gasteiger partial charge in [-0.15, -0.1) is 0 Å². The number of anilines is 3. The predicted octanol–water partition coefficient (Wildman–Crippen LogP) is 14.5. The molecule has 4 fully saturated rings. The zero-order valence-electron chi connectivity index (χ0n) is 38.8. The molecule has 56 heavy (non-hydrogen) atoms. The Balaban J connectivity index is 1.13. The summed E-state index contributed by atoms with van der Waals surface area (Å²) in [4.78, 5) is 1.96. The van der Waals surface area contributed by atoms with Gasteiger partial charge in [0.1, 0.15) is 0 Å². The summed E-state index contributed by atoms with van der Waals surface area (Å²) in [6.07, 6.45) is 6.58. The summed E-state index contributed by atoms with van der Waals surface area (Å²) in [5, 5.41) is 0. The van der Waals surface area contributed by atoms with Crippen molar-refractivity contribution in [1.29, 1.82) is 0 Å². The van der Waals surface area contributed by atoms with Crippen LogP contribution in [0.5, 0.6) is 0 Å². The third kappa shape index (κ3) is 4.43. The highest BCUT2D eigenvalue weighted by Crippen LogP contribution is 2.70. The maximum Gasteiger partial charge on any atom is 0.0648 e. The van der Waals surface area contributed by atoms with Gasteiger partial charge in [-0.25, -0.2) is 0 Å². The molecule has 1 nitrogen and oxygen atoms in total. The summed E-state index contributed by atoms with van der Waals surface area (Å²) < 4.78 is 64.7. The standard InChI is InChI=1S/C55H47N/c1-54(2)49-22-12-9-19-42(49)44-26-25-41(32-51(44)54)56(40-17-7-4-8-18-40)53-24-14-11-21-45(53)47-33-48-43-20-10-13-23-50(43)55(38-28-35-27-36(30-38)31-39(55)29-35)52(48)34-46(47)37-15-5-3-6-16-37/h3-26,32-36,38-39H,27-31H2,1-2H3/i9D,12D,19D,22D,25D,26D,32D. The summed E-state index contributed by atoms with van der Waals surface area (Å²) >= 11 is 0. The van der Waals surface area contributed by atoms with Crippen LogP contribution in [0, 0.1) is 23.7 Å². The van der Waals surface area contributed by atoms with Crippen LogP contribution in [-0.4, -0.2) is 0 Å². The number of hydrogen-bond acceptors (Lipinski definition) is 1. The molecule has 4 saturated carbocycles. The molecule has 1 spiro atoms. The molecule has 0 atom stereocenters. The average molecular weight is 729 g/mol. The fourth-order valence-corrected chi connectivity index (χ4v) is 12.4. The van der Waals surface area contributed by atoms with Gasteiger partial charge in [0.15, 0.2) is 0 Å². The number of hydrogen-bond donors (Lipinski definition) is 0. The summed E-state index contributed by atoms with van der Waals surface area (Å²) in [5.41, 5.74) is 11.7. The lowest BCUT2D eigenvalue weighted by Crippen LogP contribution is -2.55. The van der Waals surface area contributed by atoms with Gasteiger partial charge < -0.3 is 4.90 Å². The number of rotatable bonds is 5. The first-order valence-corrected chi connectivity index (χ1v) is 20.5. The van der Waals surface area contributed by atoms with Gasteiger partial charge in [-0.05, 0) is 159 Å². The molecular formula is C55H47N. The molecule has 272 valence electrons. The quantitative estimate of drug-likeness (QED) is 0.171. The van der Waals surface area contributed by atoms with Crippen LogP contribution in [0.15, 0.2) is 164 Å². The Hall–Kier alpha value is -5.66. The highest BCUT2D eigenvalue weighted by atomic mass is 15.1. The van der Waals surface area contributed by atoms with Gasteiger partial charge in [0.2, 0.25) is 0 Å². The Morgan fingerprint density at radius 2 is 1.12 bits per heavy atom. The lowest BCUT2D eigenvalue weighted by atomic mass is 9.43. The molecule has 0 aromatic heterocycles. The van der Waals surface area contributed by atoms with E-state index >= 15 is 0 Å². The molecule has 7 aromatic rings. The van der Waals surface area contributed by atoms with Crippen LogP contribution in [0.2, 0.25) is 0 Å². The topological polar surface area (TPSA) is 3.24 Å². The van der Waals surface area contributed by atoms with E-state index in [2.05, 4.69) is 84.9 Å². The van der Waals surface area contributed by atoms with Gasteiger partial charge in [-0.3, -0.25) is 0 Å². The second-order valence-electron chi connectivity index (χ2n) is 17.6. The molecule has 0 saturated heterocycles. The van der Waals surface area contributed by atoms with Gasteiger partial charge in [0.05, 0.1) is 15.3 Å². The van der Waals surface area contributed by atoms with Crippen LogP contribution in [0.3, 0.4) is 0 Å². The zero-order chi connectivity index (χ0) is 43.3. The second kappa shape index (κ2) is 11.9. The van der Waals surface area contributed by atoms with E-state index in [1.807, 2.05) is 55.1 Å². The second-order valence-corrected chi connectivity index (χ2v) is 17.6. The normalized spacial score (nSPS) is 25.9. The van der Waals surface area contributed by atoms with Gasteiger partial charge in [0.25, 0.3) is 0 Å². The molecule has 0 amide bonds. The molecule has 6 aliphatic carbocycles. The first kappa shape index (κ1) is 26.2. The van der Waals surface area contributed by atoms with E-state index in [0.717, 1.165) is 45.5 Å². The number of benzene rings is 7. The van der Waals surface area contributed by atoms with E-state index in [9.17, 15) is 4.11 Å². The van der Waals surface area contributed by atoms with E-state index < -0.39 is 5.41 Å². The molecule has 0 N–H and O–H groups in total. The van der Waals surface area contributed by atoms with Crippen molar-refractivity contribution in [3.8, 4) is 44.5 Å². The lowest BCUT2D eigenvalue weighted by Gasteiger charge is -2.61. The summed E-state index contributed by atoms with van der Waals surface area (Å²) in [6.45, 7) is 3.74. The SMILES string of the molecule is [2H]c1c([2H])c([2H])c2c(c1[2H])-c1c([2H])c([2H])c(N(c3ccccc3)c3ccccc3-c3cc4c(cc3-c3ccccc3)C3(c5ccccc5-4)C4CC5CC(C4)CC3C5)c([2H])c1C2(C)C. The van der Waals surface area contributed by atoms with Crippen molar-refractivity contribution in [2.24, 2.45) is 23.7 Å². The van der Waals surface area contributed by atoms with Crippen LogP contribution < -0.4 is 4.90 Å². The maximum atomic E-state index is 10.1. The third-order valence-electron chi connectivity index (χ3n) is 14.4. The Morgan fingerprint density at radius 3 is 1.89 bits per heavy atom. The third-order valence-corrected chi connectivity index (χ3v) is 14.4. The van der Waals surface area contributed by atoms with Crippen molar-refractivity contribution >= 4 is 17.1 Å². The molecule has 0 aliphatic heterocycles. The first-order valence-electron chi connectivity index (χ1n) is 24.0. The number of fused-ring (bicyclic) bond motifs is 6. The molecule has 1 heteroatoms. The fourth-order valence-electron chi connectivity index (χ4n) is 12.4. The molecule has 4 bridgehead atoms. The van der Waals surface area contributed by atoms with Crippen molar-refractivity contribution in [1.82, 2.24) is 0 Å². The first-order chi connectivity index (χ1) is 30.4. The summed E-state index contributed by atoms with van der Waals surface area (Å²) in [5.74, 6) is 2.89. The summed E-state index contributed by atoms with van der Waals surface area (Å²) in [6, 6.07) is 41.4. The van der Waals surface area contributed by atoms with E-state index in [0.29, 0.717) is 23.0 Å². The Bertz CT molecular complexity index is 3060. The van der Waals surface area contributed by atoms with Crippen molar-refractivity contribution < 1.29 is 9.60 Å². The van der Waals surface area contributed by atoms with Gasteiger partial charge in [-0.1, -0.05) is 135 Å². The van der Waals surface area contributed by atoms with E-state index in [-0.39, 0.29) is 64.5 Å². The minimum absolute atomic E-state index is 0.0180. The van der Waals surface area contributed by atoms with Gasteiger partial charge in [-0.2, -0.15) is 0 Å². The minimum atomic E-state index is -1.06. The highest BCUT2D eigenvalue weighted by molar-refractivity contribution is 5.98. The summed E-state index contributed by atoms with van der Waals surface area (Å²) in [7, 11) is 0. The van der Waals surface area contributed by atoms with Crippen LogP contribution >= 0.6 is 0 Å². The lowest BCUT2D eigenvalue weighted by molar-refractivity contribution is -0.0399. The van der Waals surface area contributed by atoms with Crippen molar-refractivity contribution in [2.45, 2.75) is 56.8 Å². The smallest absolute Gasteiger partial charge is 0.0648 e. The molecule has 6 aliphatic rings. The molecule has 0 heterocycles. The van der Waals surface area contributed by atoms with E-state index in [1.54, 1.807) is 0 Å². The van der Waals surface area contributed by atoms with Gasteiger partial charge in [0, 0.05) is 27.8 Å². The monoisotopic (exact) mass is 728 g/mol. The van der Waals surface area contributed by atoms with Crippen LogP contribution in [0.4, 0.5) is 17.1 Å². The van der Waals surface area contributed by atoms with Crippen LogP contribution in [-0.2, 0) is 10.8 Å². The van der Waals surface area contributed by atoms with Gasteiger partial charge >= 0.3 is 0 Å². The molecule has 13 rings (SSSR count). The van der Waals surface area contributed by atoms with Crippen LogP contribution in [0.25, 0.3) is 44.5 Å². The predicted molar refractivity (Wildman–Crippen MR) is 233 cm³/mol. The molecule has 0 unspecified atom stereocenters.